The number of benzene rings is 1. The second-order valence-electron chi connectivity index (χ2n) is 5.73. The van der Waals surface area contributed by atoms with Crippen molar-refractivity contribution in [3.8, 4) is 5.75 Å². The van der Waals surface area contributed by atoms with E-state index in [1.165, 1.54) is 0 Å². The molecule has 2 heterocycles. The normalized spacial score (nSPS) is 20.7. The highest BCUT2D eigenvalue weighted by atomic mass is 16.5. The van der Waals surface area contributed by atoms with Crippen LogP contribution in [0.25, 0.3) is 0 Å². The molecule has 1 fully saturated rings. The molecule has 0 radical (unpaired) electrons. The molecule has 0 bridgehead atoms. The number of carbonyl (C=O) groups is 1. The van der Waals surface area contributed by atoms with Gasteiger partial charge in [0.25, 0.3) is 5.91 Å². The highest BCUT2D eigenvalue weighted by molar-refractivity contribution is 5.78. The second-order valence-corrected chi connectivity index (χ2v) is 5.73. The minimum Gasteiger partial charge on any atom is -0.484 e. The summed E-state index contributed by atoms with van der Waals surface area (Å²) in [5, 5.41) is 0. The number of hydrogen-bond acceptors (Lipinski definition) is 4. The summed E-state index contributed by atoms with van der Waals surface area (Å²) in [5.41, 5.74) is 1.16. The molecule has 0 saturated carbocycles. The number of rotatable bonds is 5. The van der Waals surface area contributed by atoms with Gasteiger partial charge in [-0.3, -0.25) is 4.79 Å². The zero-order chi connectivity index (χ0) is 16.2. The highest BCUT2D eigenvalue weighted by Crippen LogP contribution is 2.31. The van der Waals surface area contributed by atoms with Crippen LogP contribution in [-0.4, -0.2) is 47.1 Å². The number of hydrogen-bond donors (Lipinski definition) is 1. The Balaban J connectivity index is 1.65. The van der Waals surface area contributed by atoms with Crippen molar-refractivity contribution >= 4 is 5.91 Å². The topological polar surface area (TPSA) is 67.5 Å². The molecule has 23 heavy (non-hydrogen) atoms. The molecule has 3 rings (SSSR count). The monoisotopic (exact) mass is 315 g/mol. The first-order valence-corrected chi connectivity index (χ1v) is 7.68. The lowest BCUT2D eigenvalue weighted by atomic mass is 10.2. The summed E-state index contributed by atoms with van der Waals surface area (Å²) in [6.45, 7) is 2.58. The average molecular weight is 315 g/mol. The van der Waals surface area contributed by atoms with Crippen LogP contribution in [0.15, 0.2) is 36.7 Å². The van der Waals surface area contributed by atoms with Crippen LogP contribution < -0.4 is 4.74 Å². The van der Waals surface area contributed by atoms with Crippen LogP contribution in [0.1, 0.15) is 23.9 Å². The van der Waals surface area contributed by atoms with E-state index < -0.39 is 0 Å². The molecule has 0 aliphatic carbocycles. The number of amides is 1. The lowest BCUT2D eigenvalue weighted by Gasteiger charge is -2.23. The summed E-state index contributed by atoms with van der Waals surface area (Å²) in [4.78, 5) is 21.7. The van der Waals surface area contributed by atoms with Gasteiger partial charge in [0.2, 0.25) is 0 Å². The van der Waals surface area contributed by atoms with Gasteiger partial charge in [-0.1, -0.05) is 17.7 Å². The first kappa shape index (κ1) is 15.6. The van der Waals surface area contributed by atoms with Crippen LogP contribution in [0, 0.1) is 6.92 Å². The summed E-state index contributed by atoms with van der Waals surface area (Å²) >= 11 is 0. The number of nitrogens with zero attached hydrogens (tertiary/aromatic N) is 2. The van der Waals surface area contributed by atoms with Crippen LogP contribution in [0.4, 0.5) is 0 Å². The zero-order valence-corrected chi connectivity index (χ0v) is 13.4. The minimum atomic E-state index is -0.0935. The molecule has 1 N–H and O–H groups in total. The van der Waals surface area contributed by atoms with Crippen molar-refractivity contribution < 1.29 is 14.3 Å². The van der Waals surface area contributed by atoms with Gasteiger partial charge in [-0.2, -0.15) is 0 Å². The third-order valence-corrected chi connectivity index (χ3v) is 4.13. The number of aryl methyl sites for hydroxylation is 1. The number of carbonyl (C=O) groups excluding carboxylic acids is 1. The fourth-order valence-corrected chi connectivity index (χ4v) is 2.83. The quantitative estimate of drug-likeness (QED) is 0.917. The van der Waals surface area contributed by atoms with Gasteiger partial charge in [0.15, 0.2) is 6.61 Å². The van der Waals surface area contributed by atoms with E-state index >= 15 is 0 Å². The van der Waals surface area contributed by atoms with Gasteiger partial charge >= 0.3 is 0 Å². The Morgan fingerprint density at radius 1 is 1.39 bits per heavy atom. The molecule has 1 unspecified atom stereocenters. The molecule has 1 aliphatic heterocycles. The van der Waals surface area contributed by atoms with E-state index in [4.69, 9.17) is 9.47 Å². The average Bonchev–Trinajstić information content (AvgIpc) is 3.22. The number of ether oxygens (including phenoxy) is 2. The Morgan fingerprint density at radius 3 is 2.83 bits per heavy atom. The Kier molecular flexibility index (Phi) is 4.62. The van der Waals surface area contributed by atoms with Crippen LogP contribution >= 0.6 is 0 Å². The Bertz CT molecular complexity index is 640. The summed E-state index contributed by atoms with van der Waals surface area (Å²) in [6, 6.07) is 7.57. The van der Waals surface area contributed by atoms with E-state index in [1.807, 2.05) is 31.2 Å². The smallest absolute Gasteiger partial charge is 0.261 e. The molecule has 0 spiro atoms. The largest absolute Gasteiger partial charge is 0.484 e. The lowest BCUT2D eigenvalue weighted by molar-refractivity contribution is -0.134. The van der Waals surface area contributed by atoms with Crippen LogP contribution in [-0.2, 0) is 9.53 Å². The molecule has 1 aliphatic rings. The van der Waals surface area contributed by atoms with Crippen molar-refractivity contribution in [1.82, 2.24) is 14.9 Å². The second kappa shape index (κ2) is 6.83. The zero-order valence-electron chi connectivity index (χ0n) is 13.4. The lowest BCUT2D eigenvalue weighted by Crippen LogP contribution is -2.36. The molecule has 1 saturated heterocycles. The van der Waals surface area contributed by atoms with E-state index in [9.17, 15) is 4.79 Å². The number of likely N-dealkylation sites (tertiary alicyclic amines) is 1. The number of imidazole rings is 1. The van der Waals surface area contributed by atoms with Crippen molar-refractivity contribution in [1.29, 1.82) is 0 Å². The molecule has 1 aromatic carbocycles. The fourth-order valence-electron chi connectivity index (χ4n) is 2.83. The van der Waals surface area contributed by atoms with E-state index in [0.29, 0.717) is 12.3 Å². The van der Waals surface area contributed by atoms with E-state index in [2.05, 4.69) is 9.97 Å². The maximum atomic E-state index is 12.6. The number of nitrogens with one attached hydrogen (secondary N) is 1. The standard InChI is InChI=1S/C17H21N3O3/c1-12-3-5-13(6-4-12)23-11-16(21)20-10-14(22-2)9-15(20)17-18-7-8-19-17/h3-8,14-15H,9-11H2,1-2H3,(H,18,19)/t14-,15?/m1/s1. The Hall–Kier alpha value is -2.34. The molecule has 1 amide bonds. The number of H-pyrrole nitrogens is 1. The van der Waals surface area contributed by atoms with E-state index in [0.717, 1.165) is 17.8 Å². The first-order valence-electron chi connectivity index (χ1n) is 7.68. The maximum absolute atomic E-state index is 12.6. The Morgan fingerprint density at radius 2 is 2.17 bits per heavy atom. The summed E-state index contributed by atoms with van der Waals surface area (Å²) in [6.07, 6.45) is 4.22. The van der Waals surface area contributed by atoms with Crippen LogP contribution in [0.5, 0.6) is 5.75 Å². The molecule has 6 nitrogen and oxygen atoms in total. The minimum absolute atomic E-state index is 0.0106. The predicted octanol–water partition coefficient (Wildman–Crippen LogP) is 2.09. The summed E-state index contributed by atoms with van der Waals surface area (Å²) < 4.78 is 11.0. The van der Waals surface area contributed by atoms with Crippen molar-refractivity contribution in [2.45, 2.75) is 25.5 Å². The summed E-state index contributed by atoms with van der Waals surface area (Å²) in [7, 11) is 1.67. The van der Waals surface area contributed by atoms with Crippen molar-refractivity contribution in [3.05, 3.63) is 48.0 Å². The van der Waals surface area contributed by atoms with Crippen LogP contribution in [0.3, 0.4) is 0 Å². The molecular formula is C17H21N3O3. The van der Waals surface area contributed by atoms with E-state index in [-0.39, 0.29) is 24.7 Å². The van der Waals surface area contributed by atoms with Crippen molar-refractivity contribution in [3.63, 3.8) is 0 Å². The van der Waals surface area contributed by atoms with Gasteiger partial charge in [0.05, 0.1) is 12.1 Å². The third-order valence-electron chi connectivity index (χ3n) is 4.13. The SMILES string of the molecule is CO[C@@H]1CC(c2ncc[nH]2)N(C(=O)COc2ccc(C)cc2)C1. The van der Waals surface area contributed by atoms with Gasteiger partial charge < -0.3 is 19.4 Å². The highest BCUT2D eigenvalue weighted by Gasteiger charge is 2.37. The first-order chi connectivity index (χ1) is 11.2. The molecule has 1 aromatic heterocycles. The van der Waals surface area contributed by atoms with Gasteiger partial charge in [-0.05, 0) is 19.1 Å². The molecule has 2 aromatic rings. The predicted molar refractivity (Wildman–Crippen MR) is 85.1 cm³/mol. The van der Waals surface area contributed by atoms with Crippen molar-refractivity contribution in [2.75, 3.05) is 20.3 Å². The van der Waals surface area contributed by atoms with Crippen molar-refractivity contribution in [2.24, 2.45) is 0 Å². The molecule has 122 valence electrons. The molecule has 6 heteroatoms. The molecule has 2 atom stereocenters. The number of aromatic nitrogens is 2. The van der Waals surface area contributed by atoms with Gasteiger partial charge in [0.1, 0.15) is 11.6 Å². The molecular weight excluding hydrogens is 294 g/mol. The fraction of sp³-hybridized carbons (Fsp3) is 0.412. The van der Waals surface area contributed by atoms with Gasteiger partial charge in [0, 0.05) is 32.5 Å². The Labute approximate surface area is 135 Å². The number of methoxy groups -OCH3 is 1. The third kappa shape index (κ3) is 3.53. The van der Waals surface area contributed by atoms with E-state index in [1.54, 1.807) is 24.4 Å². The number of aromatic amines is 1. The summed E-state index contributed by atoms with van der Waals surface area (Å²) in [5.74, 6) is 1.42. The maximum Gasteiger partial charge on any atom is 0.261 e. The van der Waals surface area contributed by atoms with Gasteiger partial charge in [-0.15, -0.1) is 0 Å². The van der Waals surface area contributed by atoms with Gasteiger partial charge in [-0.25, -0.2) is 4.98 Å². The van der Waals surface area contributed by atoms with Crippen LogP contribution in [0.2, 0.25) is 0 Å².